The second kappa shape index (κ2) is 7.78. The van der Waals surface area contributed by atoms with Crippen LogP contribution < -0.4 is 5.32 Å². The van der Waals surface area contributed by atoms with Crippen LogP contribution in [0.5, 0.6) is 0 Å². The standard InChI is InChI=1S/C20H28N2O/c1-16-6-2-5-9-19(16)18-10-12-22(15-18)13-11-21-20(23)14-17-7-3-4-8-17/h2,5-7,9,18H,3-4,8,10-15H2,1H3,(H,21,23)/t18-/m0/s1. The third kappa shape index (κ3) is 4.44. The van der Waals surface area contributed by atoms with E-state index in [1.54, 1.807) is 0 Å². The maximum absolute atomic E-state index is 11.9. The highest BCUT2D eigenvalue weighted by molar-refractivity contribution is 5.78. The van der Waals surface area contributed by atoms with E-state index in [-0.39, 0.29) is 5.91 Å². The molecule has 3 heteroatoms. The minimum absolute atomic E-state index is 0.188. The molecule has 1 aromatic rings. The Morgan fingerprint density at radius 1 is 1.35 bits per heavy atom. The van der Waals surface area contributed by atoms with E-state index in [4.69, 9.17) is 0 Å². The van der Waals surface area contributed by atoms with Gasteiger partial charge in [0.05, 0.1) is 0 Å². The molecule has 1 aliphatic heterocycles. The Morgan fingerprint density at radius 3 is 3.00 bits per heavy atom. The molecule has 1 fully saturated rings. The van der Waals surface area contributed by atoms with E-state index in [1.807, 2.05) is 0 Å². The van der Waals surface area contributed by atoms with Crippen molar-refractivity contribution in [1.82, 2.24) is 10.2 Å². The number of benzene rings is 1. The Hall–Kier alpha value is -1.61. The summed E-state index contributed by atoms with van der Waals surface area (Å²) in [4.78, 5) is 14.4. The summed E-state index contributed by atoms with van der Waals surface area (Å²) in [6.07, 6.45) is 7.54. The van der Waals surface area contributed by atoms with Crippen molar-refractivity contribution in [3.63, 3.8) is 0 Å². The number of nitrogens with one attached hydrogen (secondary N) is 1. The summed E-state index contributed by atoms with van der Waals surface area (Å²) in [7, 11) is 0. The molecule has 1 aliphatic carbocycles. The quantitative estimate of drug-likeness (QED) is 0.817. The average molecular weight is 312 g/mol. The van der Waals surface area contributed by atoms with E-state index in [9.17, 15) is 4.79 Å². The summed E-state index contributed by atoms with van der Waals surface area (Å²) in [6, 6.07) is 8.72. The van der Waals surface area contributed by atoms with E-state index in [0.29, 0.717) is 12.3 Å². The number of nitrogens with zero attached hydrogens (tertiary/aromatic N) is 1. The smallest absolute Gasteiger partial charge is 0.224 e. The zero-order chi connectivity index (χ0) is 16.1. The molecule has 0 radical (unpaired) electrons. The molecule has 0 unspecified atom stereocenters. The van der Waals surface area contributed by atoms with Gasteiger partial charge in [-0.3, -0.25) is 4.79 Å². The van der Waals surface area contributed by atoms with Gasteiger partial charge in [-0.15, -0.1) is 0 Å². The lowest BCUT2D eigenvalue weighted by Gasteiger charge is -2.17. The van der Waals surface area contributed by atoms with Crippen LogP contribution >= 0.6 is 0 Å². The lowest BCUT2D eigenvalue weighted by atomic mass is 9.94. The largest absolute Gasteiger partial charge is 0.355 e. The van der Waals surface area contributed by atoms with Gasteiger partial charge in [-0.2, -0.15) is 0 Å². The zero-order valence-electron chi connectivity index (χ0n) is 14.2. The van der Waals surface area contributed by atoms with Crippen LogP contribution in [0, 0.1) is 6.92 Å². The Labute approximate surface area is 139 Å². The van der Waals surface area contributed by atoms with Crippen LogP contribution in [0.4, 0.5) is 0 Å². The molecule has 23 heavy (non-hydrogen) atoms. The highest BCUT2D eigenvalue weighted by Crippen LogP contribution is 2.28. The van der Waals surface area contributed by atoms with Gasteiger partial charge in [-0.05, 0) is 56.2 Å². The minimum atomic E-state index is 0.188. The first kappa shape index (κ1) is 16.3. The van der Waals surface area contributed by atoms with Crippen LogP contribution in [0.3, 0.4) is 0 Å². The maximum atomic E-state index is 11.9. The van der Waals surface area contributed by atoms with E-state index in [0.717, 1.165) is 39.0 Å². The number of hydrogen-bond donors (Lipinski definition) is 1. The molecule has 1 N–H and O–H groups in total. The summed E-state index contributed by atoms with van der Waals surface area (Å²) in [6.45, 7) is 6.20. The molecule has 1 amide bonds. The first-order chi connectivity index (χ1) is 11.2. The second-order valence-corrected chi connectivity index (χ2v) is 6.92. The van der Waals surface area contributed by atoms with Crippen LogP contribution in [0.1, 0.15) is 49.1 Å². The summed E-state index contributed by atoms with van der Waals surface area (Å²) in [5.74, 6) is 0.836. The highest BCUT2D eigenvalue weighted by Gasteiger charge is 2.24. The van der Waals surface area contributed by atoms with Crippen molar-refractivity contribution in [2.24, 2.45) is 0 Å². The van der Waals surface area contributed by atoms with E-state index >= 15 is 0 Å². The first-order valence-corrected chi connectivity index (χ1v) is 8.95. The van der Waals surface area contributed by atoms with Crippen molar-refractivity contribution >= 4 is 5.91 Å². The van der Waals surface area contributed by atoms with Gasteiger partial charge in [-0.25, -0.2) is 0 Å². The van der Waals surface area contributed by atoms with Crippen LogP contribution in [-0.2, 0) is 4.79 Å². The lowest BCUT2D eigenvalue weighted by molar-refractivity contribution is -0.120. The summed E-state index contributed by atoms with van der Waals surface area (Å²) >= 11 is 0. The van der Waals surface area contributed by atoms with Crippen molar-refractivity contribution in [2.75, 3.05) is 26.2 Å². The second-order valence-electron chi connectivity index (χ2n) is 6.92. The Kier molecular flexibility index (Phi) is 5.50. The molecule has 0 saturated carbocycles. The summed E-state index contributed by atoms with van der Waals surface area (Å²) in [5.41, 5.74) is 4.22. The first-order valence-electron chi connectivity index (χ1n) is 8.95. The monoisotopic (exact) mass is 312 g/mol. The fourth-order valence-electron chi connectivity index (χ4n) is 3.85. The van der Waals surface area contributed by atoms with Crippen molar-refractivity contribution in [1.29, 1.82) is 0 Å². The van der Waals surface area contributed by atoms with Gasteiger partial charge in [0.25, 0.3) is 0 Å². The average Bonchev–Trinajstić information content (AvgIpc) is 3.20. The lowest BCUT2D eigenvalue weighted by Crippen LogP contribution is -2.33. The van der Waals surface area contributed by atoms with Gasteiger partial charge in [-0.1, -0.05) is 35.9 Å². The van der Waals surface area contributed by atoms with Crippen molar-refractivity contribution in [3.8, 4) is 0 Å². The topological polar surface area (TPSA) is 32.3 Å². The predicted molar refractivity (Wildman–Crippen MR) is 94.5 cm³/mol. The maximum Gasteiger partial charge on any atom is 0.224 e. The molecular weight excluding hydrogens is 284 g/mol. The molecule has 0 bridgehead atoms. The van der Waals surface area contributed by atoms with Gasteiger partial charge in [0.1, 0.15) is 0 Å². The third-order valence-electron chi connectivity index (χ3n) is 5.17. The molecule has 3 rings (SSSR count). The number of rotatable bonds is 6. The Bertz CT molecular complexity index is 579. The van der Waals surface area contributed by atoms with Gasteiger partial charge in [0.15, 0.2) is 0 Å². The Balaban J connectivity index is 1.39. The Morgan fingerprint density at radius 2 is 2.22 bits per heavy atom. The van der Waals surface area contributed by atoms with Gasteiger partial charge in [0, 0.05) is 26.1 Å². The van der Waals surface area contributed by atoms with Gasteiger partial charge >= 0.3 is 0 Å². The number of carbonyl (C=O) groups excluding carboxylic acids is 1. The number of hydrogen-bond acceptors (Lipinski definition) is 2. The van der Waals surface area contributed by atoms with Crippen LogP contribution in [0.15, 0.2) is 35.9 Å². The van der Waals surface area contributed by atoms with Crippen LogP contribution in [0.25, 0.3) is 0 Å². The molecule has 1 heterocycles. The van der Waals surface area contributed by atoms with Crippen molar-refractivity contribution in [3.05, 3.63) is 47.0 Å². The molecule has 1 saturated heterocycles. The van der Waals surface area contributed by atoms with Gasteiger partial charge in [0.2, 0.25) is 5.91 Å². The van der Waals surface area contributed by atoms with Crippen LogP contribution in [0.2, 0.25) is 0 Å². The van der Waals surface area contributed by atoms with Crippen molar-refractivity contribution < 1.29 is 4.79 Å². The summed E-state index contributed by atoms with van der Waals surface area (Å²) in [5, 5.41) is 3.08. The minimum Gasteiger partial charge on any atom is -0.355 e. The van der Waals surface area contributed by atoms with Gasteiger partial charge < -0.3 is 10.2 Å². The fraction of sp³-hybridized carbons (Fsp3) is 0.550. The third-order valence-corrected chi connectivity index (χ3v) is 5.17. The van der Waals surface area contributed by atoms with Crippen LogP contribution in [-0.4, -0.2) is 37.0 Å². The normalized spacial score (nSPS) is 21.4. The molecular formula is C20H28N2O. The van der Waals surface area contributed by atoms with E-state index in [2.05, 4.69) is 47.5 Å². The van der Waals surface area contributed by atoms with E-state index in [1.165, 1.54) is 29.5 Å². The summed E-state index contributed by atoms with van der Waals surface area (Å²) < 4.78 is 0. The molecule has 1 aromatic carbocycles. The molecule has 0 aromatic heterocycles. The molecule has 3 nitrogen and oxygen atoms in total. The highest BCUT2D eigenvalue weighted by atomic mass is 16.1. The number of allylic oxidation sites excluding steroid dienone is 1. The number of aryl methyl sites for hydroxylation is 1. The molecule has 0 spiro atoms. The molecule has 124 valence electrons. The number of carbonyl (C=O) groups is 1. The molecule has 2 aliphatic rings. The number of likely N-dealkylation sites (tertiary alicyclic amines) is 1. The fourth-order valence-corrected chi connectivity index (χ4v) is 3.85. The number of amides is 1. The molecule has 1 atom stereocenters. The van der Waals surface area contributed by atoms with E-state index < -0.39 is 0 Å². The van der Waals surface area contributed by atoms with Crippen molar-refractivity contribution in [2.45, 2.75) is 44.9 Å². The SMILES string of the molecule is Cc1ccccc1[C@H]1CCN(CCNC(=O)CC2=CCCC2)C1. The predicted octanol–water partition coefficient (Wildman–Crippen LogP) is 3.40. The zero-order valence-corrected chi connectivity index (χ0v) is 14.2.